The molecule has 5 rings (SSSR count). The number of benzene rings is 3. The lowest BCUT2D eigenvalue weighted by atomic mass is 10.0. The van der Waals surface area contributed by atoms with Crippen molar-refractivity contribution < 1.29 is 19.0 Å². The molecule has 0 saturated heterocycles. The molecule has 3 aromatic rings. The summed E-state index contributed by atoms with van der Waals surface area (Å²) >= 11 is 3.48. The highest BCUT2D eigenvalue weighted by Crippen LogP contribution is 2.42. The number of hydrogen-bond donors (Lipinski definition) is 0. The molecule has 0 N–H and O–H groups in total. The second kappa shape index (κ2) is 9.41. The topological polar surface area (TPSA) is 48.0 Å². The van der Waals surface area contributed by atoms with Crippen LogP contribution in [-0.2, 0) is 13.0 Å². The van der Waals surface area contributed by atoms with Gasteiger partial charge in [-0.2, -0.15) is 0 Å². The van der Waals surface area contributed by atoms with Gasteiger partial charge in [-0.05, 0) is 54.8 Å². The van der Waals surface area contributed by atoms with Crippen LogP contribution in [0.3, 0.4) is 0 Å². The first-order valence-corrected chi connectivity index (χ1v) is 11.7. The van der Waals surface area contributed by atoms with Gasteiger partial charge >= 0.3 is 0 Å². The molecular formula is C27H24BrNO4. The van der Waals surface area contributed by atoms with E-state index in [9.17, 15) is 4.79 Å². The van der Waals surface area contributed by atoms with Crippen molar-refractivity contribution in [3.8, 4) is 17.2 Å². The van der Waals surface area contributed by atoms with Crippen LogP contribution in [0.1, 0.15) is 33.5 Å². The lowest BCUT2D eigenvalue weighted by molar-refractivity contribution is 0.0928. The molecule has 0 amide bonds. The summed E-state index contributed by atoms with van der Waals surface area (Å²) in [4.78, 5) is 15.3. The van der Waals surface area contributed by atoms with Gasteiger partial charge in [-0.25, -0.2) is 0 Å². The number of ketones is 1. The monoisotopic (exact) mass is 505 g/mol. The van der Waals surface area contributed by atoms with Gasteiger partial charge in [0.15, 0.2) is 5.76 Å². The number of halogens is 1. The first-order chi connectivity index (χ1) is 16.1. The van der Waals surface area contributed by atoms with Crippen molar-refractivity contribution in [3.05, 3.63) is 93.1 Å². The Morgan fingerprint density at radius 1 is 1.12 bits per heavy atom. The molecule has 0 aliphatic carbocycles. The number of methoxy groups -OCH3 is 1. The van der Waals surface area contributed by atoms with Crippen molar-refractivity contribution in [1.29, 1.82) is 0 Å². The Kier molecular flexibility index (Phi) is 6.20. The van der Waals surface area contributed by atoms with E-state index in [0.717, 1.165) is 40.7 Å². The van der Waals surface area contributed by atoms with Gasteiger partial charge in [0.05, 0.1) is 18.2 Å². The molecule has 0 unspecified atom stereocenters. The minimum atomic E-state index is -0.129. The van der Waals surface area contributed by atoms with Crippen molar-refractivity contribution >= 4 is 27.8 Å². The molecule has 6 heteroatoms. The third-order valence-electron chi connectivity index (χ3n) is 5.94. The Morgan fingerprint density at radius 3 is 2.79 bits per heavy atom. The SMILES string of the molecule is COc1ccc(Br)cc1/C=C1\Oc2c(ccc3c2CN(CCCc2ccccc2)CO3)C1=O. The maximum Gasteiger partial charge on any atom is 0.231 e. The Balaban J connectivity index is 1.34. The average Bonchev–Trinajstić information content (AvgIpc) is 3.15. The van der Waals surface area contributed by atoms with E-state index in [4.69, 9.17) is 14.2 Å². The number of aryl methyl sites for hydroxylation is 1. The summed E-state index contributed by atoms with van der Waals surface area (Å²) in [5.41, 5.74) is 3.61. The summed E-state index contributed by atoms with van der Waals surface area (Å²) in [7, 11) is 1.61. The molecule has 0 spiro atoms. The minimum absolute atomic E-state index is 0.129. The molecule has 2 aliphatic rings. The quantitative estimate of drug-likeness (QED) is 0.392. The first kappa shape index (κ1) is 21.7. The van der Waals surface area contributed by atoms with Crippen LogP contribution in [0.4, 0.5) is 0 Å². The zero-order valence-electron chi connectivity index (χ0n) is 18.3. The second-order valence-corrected chi connectivity index (χ2v) is 9.08. The highest BCUT2D eigenvalue weighted by Gasteiger charge is 2.33. The third kappa shape index (κ3) is 4.54. The van der Waals surface area contributed by atoms with E-state index in [1.807, 2.05) is 30.3 Å². The van der Waals surface area contributed by atoms with E-state index < -0.39 is 0 Å². The fourth-order valence-corrected chi connectivity index (χ4v) is 4.64. The maximum absolute atomic E-state index is 13.1. The van der Waals surface area contributed by atoms with Crippen molar-refractivity contribution in [2.45, 2.75) is 19.4 Å². The van der Waals surface area contributed by atoms with E-state index in [1.165, 1.54) is 5.56 Å². The summed E-state index contributed by atoms with van der Waals surface area (Å²) in [6, 6.07) is 19.8. The molecule has 5 nitrogen and oxygen atoms in total. The van der Waals surface area contributed by atoms with Gasteiger partial charge in [0.25, 0.3) is 0 Å². The third-order valence-corrected chi connectivity index (χ3v) is 6.44. The number of fused-ring (bicyclic) bond motifs is 3. The van der Waals surface area contributed by atoms with E-state index in [2.05, 4.69) is 45.1 Å². The molecule has 0 aromatic heterocycles. The molecule has 0 saturated carbocycles. The lowest BCUT2D eigenvalue weighted by Crippen LogP contribution is -2.33. The smallest absolute Gasteiger partial charge is 0.231 e. The van der Waals surface area contributed by atoms with Gasteiger partial charge in [-0.3, -0.25) is 9.69 Å². The van der Waals surface area contributed by atoms with E-state index in [-0.39, 0.29) is 11.5 Å². The number of nitrogens with zero attached hydrogens (tertiary/aromatic N) is 1. The molecule has 3 aromatic carbocycles. The Labute approximate surface area is 201 Å². The number of rotatable bonds is 6. The van der Waals surface area contributed by atoms with E-state index in [1.54, 1.807) is 19.3 Å². The van der Waals surface area contributed by atoms with Crippen LogP contribution in [0.15, 0.2) is 70.9 Å². The average molecular weight is 506 g/mol. The van der Waals surface area contributed by atoms with Crippen molar-refractivity contribution in [1.82, 2.24) is 4.90 Å². The summed E-state index contributed by atoms with van der Waals surface area (Å²) in [6.07, 6.45) is 3.79. The predicted molar refractivity (Wildman–Crippen MR) is 131 cm³/mol. The second-order valence-electron chi connectivity index (χ2n) is 8.16. The number of carbonyl (C=O) groups excluding carboxylic acids is 1. The van der Waals surface area contributed by atoms with E-state index in [0.29, 0.717) is 30.3 Å². The fraction of sp³-hybridized carbons (Fsp3) is 0.222. The zero-order chi connectivity index (χ0) is 22.8. The van der Waals surface area contributed by atoms with Gasteiger partial charge in [0, 0.05) is 23.1 Å². The van der Waals surface area contributed by atoms with Crippen molar-refractivity contribution in [3.63, 3.8) is 0 Å². The van der Waals surface area contributed by atoms with Crippen LogP contribution in [0.25, 0.3) is 6.08 Å². The predicted octanol–water partition coefficient (Wildman–Crippen LogP) is 5.86. The summed E-state index contributed by atoms with van der Waals surface area (Å²) in [5.74, 6) is 2.22. The summed E-state index contributed by atoms with van der Waals surface area (Å²) in [6.45, 7) is 2.13. The summed E-state index contributed by atoms with van der Waals surface area (Å²) < 4.78 is 18.4. The molecular weight excluding hydrogens is 482 g/mol. The van der Waals surface area contributed by atoms with Crippen molar-refractivity contribution in [2.24, 2.45) is 0 Å². The minimum Gasteiger partial charge on any atom is -0.496 e. The number of Topliss-reactive ketones (excluding diaryl/α,β-unsaturated/α-hetero) is 1. The van der Waals surface area contributed by atoms with Crippen LogP contribution < -0.4 is 14.2 Å². The van der Waals surface area contributed by atoms with Crippen LogP contribution >= 0.6 is 15.9 Å². The molecule has 0 atom stereocenters. The van der Waals surface area contributed by atoms with Crippen LogP contribution in [0.2, 0.25) is 0 Å². The number of ether oxygens (including phenoxy) is 3. The van der Waals surface area contributed by atoms with Crippen LogP contribution in [0, 0.1) is 0 Å². The highest BCUT2D eigenvalue weighted by atomic mass is 79.9. The largest absolute Gasteiger partial charge is 0.496 e. The molecule has 33 heavy (non-hydrogen) atoms. The Bertz CT molecular complexity index is 1220. The zero-order valence-corrected chi connectivity index (χ0v) is 19.9. The molecule has 2 aliphatic heterocycles. The lowest BCUT2D eigenvalue weighted by Gasteiger charge is -2.29. The number of carbonyl (C=O) groups is 1. The fourth-order valence-electron chi connectivity index (χ4n) is 4.26. The maximum atomic E-state index is 13.1. The molecule has 0 fully saturated rings. The normalized spacial score (nSPS) is 16.2. The summed E-state index contributed by atoms with van der Waals surface area (Å²) in [5, 5.41) is 0. The number of allylic oxidation sites excluding steroid dienone is 1. The van der Waals surface area contributed by atoms with Crippen molar-refractivity contribution in [2.75, 3.05) is 20.4 Å². The molecule has 168 valence electrons. The van der Waals surface area contributed by atoms with Gasteiger partial charge in [0.1, 0.15) is 24.0 Å². The first-order valence-electron chi connectivity index (χ1n) is 10.9. The van der Waals surface area contributed by atoms with Gasteiger partial charge in [0.2, 0.25) is 5.78 Å². The van der Waals surface area contributed by atoms with Gasteiger partial charge < -0.3 is 14.2 Å². The Hall–Kier alpha value is -3.09. The molecule has 2 heterocycles. The standard InChI is InChI=1S/C27H24BrNO4/c1-31-23-11-9-20(28)14-19(23)15-25-26(30)21-10-12-24-22(27(21)33-25)16-29(17-32-24)13-5-8-18-6-3-2-4-7-18/h2-4,6-7,9-12,14-15H,5,8,13,16-17H2,1H3/b25-15-. The number of hydrogen-bond acceptors (Lipinski definition) is 5. The van der Waals surface area contributed by atoms with Gasteiger partial charge in [-0.1, -0.05) is 46.3 Å². The molecule has 0 bridgehead atoms. The van der Waals surface area contributed by atoms with Crippen LogP contribution in [0.5, 0.6) is 17.2 Å². The van der Waals surface area contributed by atoms with E-state index >= 15 is 0 Å². The molecule has 0 radical (unpaired) electrons. The van der Waals surface area contributed by atoms with Crippen LogP contribution in [-0.4, -0.2) is 31.1 Å². The highest BCUT2D eigenvalue weighted by molar-refractivity contribution is 9.10. The van der Waals surface area contributed by atoms with Gasteiger partial charge in [-0.15, -0.1) is 0 Å². The Morgan fingerprint density at radius 2 is 1.97 bits per heavy atom.